The molecule has 1 aromatic heterocycles. The van der Waals surface area contributed by atoms with Crippen molar-refractivity contribution in [3.05, 3.63) is 78.4 Å². The summed E-state index contributed by atoms with van der Waals surface area (Å²) in [5, 5.41) is 4.09. The molecule has 0 fully saturated rings. The molecule has 0 N–H and O–H groups in total. The van der Waals surface area contributed by atoms with E-state index in [1.54, 1.807) is 12.7 Å². The van der Waals surface area contributed by atoms with Crippen LogP contribution in [0.15, 0.2) is 67.3 Å². The maximum atomic E-state index is 5.85. The van der Waals surface area contributed by atoms with E-state index in [1.807, 2.05) is 4.68 Å². The first-order chi connectivity index (χ1) is 12.2. The third kappa shape index (κ3) is 4.47. The number of nitrogens with zero attached hydrogens (tertiary/aromatic N) is 3. The van der Waals surface area contributed by atoms with Gasteiger partial charge in [-0.2, -0.15) is 5.10 Å². The Bertz CT molecular complexity index is 750. The lowest BCUT2D eigenvalue weighted by Crippen LogP contribution is -2.18. The molecule has 0 radical (unpaired) electrons. The van der Waals surface area contributed by atoms with Crippen LogP contribution >= 0.6 is 0 Å². The summed E-state index contributed by atoms with van der Waals surface area (Å²) in [5.74, 6) is 0.924. The molecular weight excluding hydrogens is 310 g/mol. The Kier molecular flexibility index (Phi) is 5.49. The molecule has 0 unspecified atom stereocenters. The van der Waals surface area contributed by atoms with Crippen LogP contribution in [0.4, 0.5) is 0 Å². The molecule has 3 rings (SSSR count). The summed E-state index contributed by atoms with van der Waals surface area (Å²) in [5.41, 5.74) is 2.59. The van der Waals surface area contributed by atoms with Gasteiger partial charge in [0.1, 0.15) is 18.4 Å². The van der Waals surface area contributed by atoms with Crippen LogP contribution in [-0.4, -0.2) is 21.4 Å². The summed E-state index contributed by atoms with van der Waals surface area (Å²) in [6, 6.07) is 19.1. The maximum Gasteiger partial charge on any atom is 0.137 e. The highest BCUT2D eigenvalue weighted by atomic mass is 16.5. The molecule has 0 bridgehead atoms. The van der Waals surface area contributed by atoms with E-state index < -0.39 is 0 Å². The van der Waals surface area contributed by atoms with Crippen LogP contribution in [0.2, 0.25) is 0 Å². The fourth-order valence-corrected chi connectivity index (χ4v) is 2.90. The topological polar surface area (TPSA) is 39.9 Å². The largest absolute Gasteiger partial charge is 0.494 e. The van der Waals surface area contributed by atoms with Crippen molar-refractivity contribution in [3.8, 4) is 5.75 Å². The van der Waals surface area contributed by atoms with Gasteiger partial charge in [-0.05, 0) is 36.1 Å². The first-order valence-corrected chi connectivity index (χ1v) is 8.77. The zero-order valence-electron chi connectivity index (χ0n) is 14.9. The minimum Gasteiger partial charge on any atom is -0.494 e. The van der Waals surface area contributed by atoms with Gasteiger partial charge in [-0.3, -0.25) is 4.68 Å². The van der Waals surface area contributed by atoms with Crippen molar-refractivity contribution in [2.24, 2.45) is 0 Å². The van der Waals surface area contributed by atoms with Crippen molar-refractivity contribution >= 4 is 0 Å². The molecule has 0 aliphatic heterocycles. The number of unbranched alkanes of at least 4 members (excludes halogenated alkanes) is 1. The lowest BCUT2D eigenvalue weighted by atomic mass is 9.78. The van der Waals surface area contributed by atoms with Crippen LogP contribution in [0.3, 0.4) is 0 Å². The van der Waals surface area contributed by atoms with Gasteiger partial charge in [0.25, 0.3) is 0 Å². The second-order valence-electron chi connectivity index (χ2n) is 6.73. The lowest BCUT2D eigenvalue weighted by Gasteiger charge is -2.26. The second-order valence-corrected chi connectivity index (χ2v) is 6.73. The minimum absolute atomic E-state index is 0.0163. The smallest absolute Gasteiger partial charge is 0.137 e. The van der Waals surface area contributed by atoms with Crippen molar-refractivity contribution in [2.45, 2.75) is 38.6 Å². The molecule has 4 heteroatoms. The Labute approximate surface area is 149 Å². The van der Waals surface area contributed by atoms with Gasteiger partial charge < -0.3 is 4.74 Å². The summed E-state index contributed by atoms with van der Waals surface area (Å²) >= 11 is 0. The first-order valence-electron chi connectivity index (χ1n) is 8.77. The van der Waals surface area contributed by atoms with E-state index in [-0.39, 0.29) is 5.41 Å². The van der Waals surface area contributed by atoms with Crippen LogP contribution in [0.1, 0.15) is 37.8 Å². The van der Waals surface area contributed by atoms with Gasteiger partial charge in [0.15, 0.2) is 0 Å². The number of hydrogen-bond acceptors (Lipinski definition) is 3. The Morgan fingerprint density at radius 2 is 1.64 bits per heavy atom. The average molecular weight is 335 g/mol. The van der Waals surface area contributed by atoms with Gasteiger partial charge in [0.2, 0.25) is 0 Å². The van der Waals surface area contributed by atoms with E-state index in [1.165, 1.54) is 11.1 Å². The molecule has 2 aromatic carbocycles. The number of ether oxygens (including phenoxy) is 1. The van der Waals surface area contributed by atoms with E-state index in [0.717, 1.165) is 31.7 Å². The number of aromatic nitrogens is 3. The Hall–Kier alpha value is -2.62. The molecule has 130 valence electrons. The van der Waals surface area contributed by atoms with Crippen molar-refractivity contribution in [1.82, 2.24) is 14.8 Å². The van der Waals surface area contributed by atoms with Crippen molar-refractivity contribution < 1.29 is 4.74 Å². The van der Waals surface area contributed by atoms with E-state index in [0.29, 0.717) is 0 Å². The predicted octanol–water partition coefficient (Wildman–Crippen LogP) is 4.46. The van der Waals surface area contributed by atoms with Crippen molar-refractivity contribution in [3.63, 3.8) is 0 Å². The molecule has 0 spiro atoms. The first kappa shape index (κ1) is 17.2. The second kappa shape index (κ2) is 7.97. The van der Waals surface area contributed by atoms with Gasteiger partial charge in [-0.25, -0.2) is 4.98 Å². The fraction of sp³-hybridized carbons (Fsp3) is 0.333. The standard InChI is InChI=1S/C21H25N3O/c1-21(2,18-8-4-3-5-9-18)19-10-12-20(13-11-19)25-15-7-6-14-24-17-22-16-23-24/h3-5,8-13,16-17H,6-7,14-15H2,1-2H3. The number of benzene rings is 2. The number of hydrogen-bond donors (Lipinski definition) is 0. The zero-order valence-corrected chi connectivity index (χ0v) is 14.9. The predicted molar refractivity (Wildman–Crippen MR) is 99.8 cm³/mol. The average Bonchev–Trinajstić information content (AvgIpc) is 3.16. The van der Waals surface area contributed by atoms with Gasteiger partial charge in [-0.1, -0.05) is 56.3 Å². The molecule has 1 heterocycles. The summed E-state index contributed by atoms with van der Waals surface area (Å²) in [6.45, 7) is 6.11. The van der Waals surface area contributed by atoms with Gasteiger partial charge in [0, 0.05) is 12.0 Å². The number of rotatable bonds is 8. The summed E-state index contributed by atoms with van der Waals surface area (Å²) in [7, 11) is 0. The van der Waals surface area contributed by atoms with Crippen molar-refractivity contribution in [2.75, 3.05) is 6.61 Å². The van der Waals surface area contributed by atoms with Crippen molar-refractivity contribution in [1.29, 1.82) is 0 Å². The zero-order chi connectivity index (χ0) is 17.5. The summed E-state index contributed by atoms with van der Waals surface area (Å²) in [6.07, 6.45) is 5.34. The molecule has 3 aromatic rings. The van der Waals surface area contributed by atoms with Crippen LogP contribution in [0.25, 0.3) is 0 Å². The third-order valence-electron chi connectivity index (χ3n) is 4.59. The van der Waals surface area contributed by atoms with Crippen LogP contribution in [0.5, 0.6) is 5.75 Å². The molecule has 25 heavy (non-hydrogen) atoms. The molecule has 4 nitrogen and oxygen atoms in total. The van der Waals surface area contributed by atoms with E-state index >= 15 is 0 Å². The SMILES string of the molecule is CC(C)(c1ccccc1)c1ccc(OCCCCn2cncn2)cc1. The van der Waals surface area contributed by atoms with Gasteiger partial charge in [0.05, 0.1) is 6.61 Å². The van der Waals surface area contributed by atoms with E-state index in [9.17, 15) is 0 Å². The third-order valence-corrected chi connectivity index (χ3v) is 4.59. The van der Waals surface area contributed by atoms with Crippen LogP contribution in [-0.2, 0) is 12.0 Å². The summed E-state index contributed by atoms with van der Waals surface area (Å²) in [4.78, 5) is 3.94. The van der Waals surface area contributed by atoms with Crippen LogP contribution in [0, 0.1) is 0 Å². The summed E-state index contributed by atoms with van der Waals surface area (Å²) < 4.78 is 7.70. The normalized spacial score (nSPS) is 11.4. The Balaban J connectivity index is 1.50. The Morgan fingerprint density at radius 1 is 0.920 bits per heavy atom. The highest BCUT2D eigenvalue weighted by molar-refractivity contribution is 5.39. The Morgan fingerprint density at radius 3 is 2.32 bits per heavy atom. The van der Waals surface area contributed by atoms with Gasteiger partial charge >= 0.3 is 0 Å². The lowest BCUT2D eigenvalue weighted by molar-refractivity contribution is 0.301. The highest BCUT2D eigenvalue weighted by Crippen LogP contribution is 2.32. The molecule has 0 saturated heterocycles. The highest BCUT2D eigenvalue weighted by Gasteiger charge is 2.22. The van der Waals surface area contributed by atoms with Gasteiger partial charge in [-0.15, -0.1) is 0 Å². The molecular formula is C21H25N3O. The van der Waals surface area contributed by atoms with E-state index in [4.69, 9.17) is 4.74 Å². The molecule has 0 aliphatic rings. The monoisotopic (exact) mass is 335 g/mol. The van der Waals surface area contributed by atoms with Crippen LogP contribution < -0.4 is 4.74 Å². The maximum absolute atomic E-state index is 5.85. The number of aryl methyl sites for hydroxylation is 1. The minimum atomic E-state index is -0.0163. The molecule has 0 saturated carbocycles. The molecule has 0 atom stereocenters. The quantitative estimate of drug-likeness (QED) is 0.571. The van der Waals surface area contributed by atoms with E-state index in [2.05, 4.69) is 78.5 Å². The fourth-order valence-electron chi connectivity index (χ4n) is 2.90. The molecule has 0 aliphatic carbocycles. The molecule has 0 amide bonds.